The number of hydrogen-bond donors (Lipinski definition) is 1. The summed E-state index contributed by atoms with van der Waals surface area (Å²) in [6, 6.07) is 1.99. The molecule has 4 heteroatoms. The molecular weight excluding hydrogens is 184 g/mol. The van der Waals surface area contributed by atoms with Crippen LogP contribution in [0.5, 0.6) is 0 Å². The Morgan fingerprint density at radius 3 is 3.38 bits per heavy atom. The molecule has 0 radical (unpaired) electrons. The number of nitrogens with one attached hydrogen (secondary N) is 1. The molecule has 2 rings (SSSR count). The molecule has 0 aromatic carbocycles. The van der Waals surface area contributed by atoms with Gasteiger partial charge in [0.25, 0.3) is 0 Å². The summed E-state index contributed by atoms with van der Waals surface area (Å²) in [5.41, 5.74) is 2.02. The fourth-order valence-corrected chi connectivity index (χ4v) is 1.95. The molecule has 70 valence electrons. The molecule has 1 aromatic rings. The smallest absolute Gasteiger partial charge is 0.234 e. The summed E-state index contributed by atoms with van der Waals surface area (Å²) in [5, 5.41) is 3.74. The number of pyridine rings is 1. The van der Waals surface area contributed by atoms with Gasteiger partial charge < -0.3 is 5.32 Å². The van der Waals surface area contributed by atoms with Crippen molar-refractivity contribution in [2.45, 2.75) is 18.4 Å². The van der Waals surface area contributed by atoms with E-state index < -0.39 is 0 Å². The first-order valence-corrected chi connectivity index (χ1v) is 5.19. The van der Waals surface area contributed by atoms with Gasteiger partial charge in [-0.25, -0.2) is 4.98 Å². The van der Waals surface area contributed by atoms with Gasteiger partial charge in [0.1, 0.15) is 5.03 Å². The molecule has 3 nitrogen and oxygen atoms in total. The van der Waals surface area contributed by atoms with E-state index >= 15 is 0 Å². The molecule has 1 amide bonds. The Kier molecular flexibility index (Phi) is 2.22. The van der Waals surface area contributed by atoms with Crippen LogP contribution in [0.1, 0.15) is 13.9 Å². The SMILES string of the molecule is CCc1cnc2c(c1)NC(=O)CS2.[HH]. The van der Waals surface area contributed by atoms with Gasteiger partial charge in [-0.1, -0.05) is 18.7 Å². The highest BCUT2D eigenvalue weighted by atomic mass is 32.2. The number of amides is 1. The van der Waals surface area contributed by atoms with E-state index in [9.17, 15) is 4.79 Å². The van der Waals surface area contributed by atoms with Crippen molar-refractivity contribution in [3.8, 4) is 0 Å². The lowest BCUT2D eigenvalue weighted by atomic mass is 10.2. The van der Waals surface area contributed by atoms with Crippen molar-refractivity contribution in [1.29, 1.82) is 0 Å². The molecule has 1 aliphatic rings. The summed E-state index contributed by atoms with van der Waals surface area (Å²) < 4.78 is 0. The quantitative estimate of drug-likeness (QED) is 0.746. The summed E-state index contributed by atoms with van der Waals surface area (Å²) in [6.45, 7) is 2.07. The molecule has 0 fully saturated rings. The molecule has 0 saturated carbocycles. The highest BCUT2D eigenvalue weighted by Crippen LogP contribution is 2.29. The van der Waals surface area contributed by atoms with Crippen LogP contribution in [0, 0.1) is 0 Å². The average Bonchev–Trinajstić information content (AvgIpc) is 2.16. The number of aromatic nitrogens is 1. The second kappa shape index (κ2) is 3.38. The third-order valence-electron chi connectivity index (χ3n) is 1.93. The monoisotopic (exact) mass is 196 g/mol. The first kappa shape index (κ1) is 8.56. The largest absolute Gasteiger partial charge is 0.323 e. The van der Waals surface area contributed by atoms with E-state index in [-0.39, 0.29) is 7.33 Å². The maximum Gasteiger partial charge on any atom is 0.234 e. The number of fused-ring (bicyclic) bond motifs is 1. The van der Waals surface area contributed by atoms with Gasteiger partial charge >= 0.3 is 0 Å². The van der Waals surface area contributed by atoms with Gasteiger partial charge in [-0.2, -0.15) is 0 Å². The van der Waals surface area contributed by atoms with Gasteiger partial charge in [0.2, 0.25) is 5.91 Å². The summed E-state index contributed by atoms with van der Waals surface area (Å²) in [6.07, 6.45) is 2.81. The Morgan fingerprint density at radius 1 is 1.77 bits per heavy atom. The molecule has 1 aromatic heterocycles. The highest BCUT2D eigenvalue weighted by Gasteiger charge is 2.16. The minimum absolute atomic E-state index is 0. The number of nitrogens with zero attached hydrogens (tertiary/aromatic N) is 1. The lowest BCUT2D eigenvalue weighted by Crippen LogP contribution is -2.19. The lowest BCUT2D eigenvalue weighted by molar-refractivity contribution is -0.113. The molecule has 13 heavy (non-hydrogen) atoms. The van der Waals surface area contributed by atoms with Gasteiger partial charge in [0.15, 0.2) is 0 Å². The average molecular weight is 196 g/mol. The van der Waals surface area contributed by atoms with E-state index in [1.165, 1.54) is 11.8 Å². The van der Waals surface area contributed by atoms with E-state index in [2.05, 4.69) is 17.2 Å². The Labute approximate surface area is 82.4 Å². The van der Waals surface area contributed by atoms with Crippen LogP contribution in [0.2, 0.25) is 0 Å². The van der Waals surface area contributed by atoms with E-state index in [0.717, 1.165) is 22.7 Å². The third kappa shape index (κ3) is 1.67. The number of anilines is 1. The van der Waals surface area contributed by atoms with Gasteiger partial charge in [-0.15, -0.1) is 0 Å². The molecule has 1 aliphatic heterocycles. The molecule has 2 heterocycles. The van der Waals surface area contributed by atoms with Gasteiger partial charge in [-0.05, 0) is 18.1 Å². The number of thioether (sulfide) groups is 1. The zero-order chi connectivity index (χ0) is 9.26. The Balaban J connectivity index is 0.000000980. The topological polar surface area (TPSA) is 42.0 Å². The predicted molar refractivity (Wildman–Crippen MR) is 55.1 cm³/mol. The number of carbonyl (C=O) groups excluding carboxylic acids is 1. The highest BCUT2D eigenvalue weighted by molar-refractivity contribution is 8.00. The van der Waals surface area contributed by atoms with Crippen LogP contribution in [0.15, 0.2) is 17.3 Å². The normalized spacial score (nSPS) is 15.0. The van der Waals surface area contributed by atoms with E-state index in [0.29, 0.717) is 5.75 Å². The molecule has 0 saturated heterocycles. The first-order valence-electron chi connectivity index (χ1n) is 4.21. The van der Waals surface area contributed by atoms with Crippen molar-refractivity contribution in [1.82, 2.24) is 4.98 Å². The molecular formula is C9H12N2OS. The van der Waals surface area contributed by atoms with E-state index in [4.69, 9.17) is 0 Å². The first-order chi connectivity index (χ1) is 6.29. The maximum absolute atomic E-state index is 11.1. The zero-order valence-corrected chi connectivity index (χ0v) is 8.15. The summed E-state index contributed by atoms with van der Waals surface area (Å²) in [7, 11) is 0. The molecule has 0 spiro atoms. The fraction of sp³-hybridized carbons (Fsp3) is 0.333. The Bertz CT molecular complexity index is 357. The minimum atomic E-state index is 0. The Hall–Kier alpha value is -1.03. The minimum Gasteiger partial charge on any atom is -0.323 e. The molecule has 0 atom stereocenters. The number of hydrogen-bond acceptors (Lipinski definition) is 3. The summed E-state index contributed by atoms with van der Waals surface area (Å²) in [5.74, 6) is 0.540. The van der Waals surface area contributed by atoms with Crippen LogP contribution in [0.3, 0.4) is 0 Å². The van der Waals surface area contributed by atoms with Crippen molar-refractivity contribution in [2.75, 3.05) is 11.1 Å². The maximum atomic E-state index is 11.1. The van der Waals surface area contributed by atoms with Crippen LogP contribution in [0.4, 0.5) is 5.69 Å². The van der Waals surface area contributed by atoms with Crippen molar-refractivity contribution in [2.24, 2.45) is 0 Å². The van der Waals surface area contributed by atoms with Crippen LogP contribution in [-0.4, -0.2) is 16.6 Å². The lowest BCUT2D eigenvalue weighted by Gasteiger charge is -2.15. The van der Waals surface area contributed by atoms with Crippen LogP contribution < -0.4 is 5.32 Å². The number of aryl methyl sites for hydroxylation is 1. The Morgan fingerprint density at radius 2 is 2.62 bits per heavy atom. The van der Waals surface area contributed by atoms with Crippen molar-refractivity contribution in [3.63, 3.8) is 0 Å². The van der Waals surface area contributed by atoms with Crippen LogP contribution in [0.25, 0.3) is 0 Å². The van der Waals surface area contributed by atoms with Crippen LogP contribution >= 0.6 is 11.8 Å². The van der Waals surface area contributed by atoms with Crippen molar-refractivity contribution >= 4 is 23.4 Å². The third-order valence-corrected chi connectivity index (χ3v) is 2.94. The molecule has 0 bridgehead atoms. The van der Waals surface area contributed by atoms with E-state index in [1.807, 2.05) is 12.3 Å². The molecule has 1 N–H and O–H groups in total. The second-order valence-corrected chi connectivity index (χ2v) is 3.85. The van der Waals surface area contributed by atoms with Crippen molar-refractivity contribution < 1.29 is 6.22 Å². The zero-order valence-electron chi connectivity index (χ0n) is 7.33. The fourth-order valence-electron chi connectivity index (χ4n) is 1.21. The molecule has 0 aliphatic carbocycles. The molecule has 0 unspecified atom stereocenters. The summed E-state index contributed by atoms with van der Waals surface area (Å²) >= 11 is 1.49. The predicted octanol–water partition coefficient (Wildman–Crippen LogP) is 1.93. The van der Waals surface area contributed by atoms with Crippen molar-refractivity contribution in [3.05, 3.63) is 17.8 Å². The van der Waals surface area contributed by atoms with Gasteiger partial charge in [0, 0.05) is 7.62 Å². The van der Waals surface area contributed by atoms with Gasteiger partial charge in [-0.3, -0.25) is 4.79 Å². The van der Waals surface area contributed by atoms with E-state index in [1.54, 1.807) is 0 Å². The number of rotatable bonds is 1. The number of carbonyl (C=O) groups is 1. The summed E-state index contributed by atoms with van der Waals surface area (Å²) in [4.78, 5) is 15.3. The standard InChI is InChI=1S/C9H10N2OS.H2/c1-2-6-3-7-9(10-4-6)13-5-8(12)11-7;/h3-4H,2,5H2,1H3,(H,11,12);1H. The second-order valence-electron chi connectivity index (χ2n) is 2.89. The van der Waals surface area contributed by atoms with Gasteiger partial charge in [0.05, 0.1) is 11.4 Å². The van der Waals surface area contributed by atoms with Crippen LogP contribution in [-0.2, 0) is 11.2 Å².